The molecule has 1 unspecified atom stereocenters. The van der Waals surface area contributed by atoms with Crippen molar-refractivity contribution < 1.29 is 9.53 Å². The van der Waals surface area contributed by atoms with Crippen LogP contribution >= 0.6 is 0 Å². The zero-order valence-electron chi connectivity index (χ0n) is 15.7. The molecule has 1 aromatic rings. The number of hydrogen-bond acceptors (Lipinski definition) is 3. The molecule has 0 saturated carbocycles. The van der Waals surface area contributed by atoms with Gasteiger partial charge in [-0.3, -0.25) is 4.99 Å². The highest BCUT2D eigenvalue weighted by Gasteiger charge is 2.27. The Labute approximate surface area is 150 Å². The fourth-order valence-corrected chi connectivity index (χ4v) is 2.76. The molecule has 0 spiro atoms. The second-order valence-corrected chi connectivity index (χ2v) is 7.65. The first kappa shape index (κ1) is 19.1. The minimum absolute atomic E-state index is 0.244. The Balaban J connectivity index is 1.85. The molecule has 3 N–H and O–H groups in total. The second kappa shape index (κ2) is 8.23. The minimum Gasteiger partial charge on any atom is -0.444 e. The molecule has 0 bridgehead atoms. The summed E-state index contributed by atoms with van der Waals surface area (Å²) >= 11 is 0. The molecule has 1 saturated heterocycles. The van der Waals surface area contributed by atoms with E-state index in [9.17, 15) is 4.79 Å². The highest BCUT2D eigenvalue weighted by molar-refractivity contribution is 5.92. The molecule has 6 heteroatoms. The van der Waals surface area contributed by atoms with Crippen LogP contribution in [0.25, 0.3) is 0 Å². The van der Waals surface area contributed by atoms with Crippen molar-refractivity contribution in [3.05, 3.63) is 29.8 Å². The lowest BCUT2D eigenvalue weighted by molar-refractivity contribution is 0.0171. The Bertz CT molecular complexity index is 605. The molecule has 2 rings (SSSR count). The summed E-state index contributed by atoms with van der Waals surface area (Å²) in [6.45, 7) is 9.70. The van der Waals surface area contributed by atoms with Crippen LogP contribution in [-0.4, -0.2) is 42.2 Å². The molecule has 1 heterocycles. The van der Waals surface area contributed by atoms with E-state index in [2.05, 4.69) is 10.3 Å². The predicted molar refractivity (Wildman–Crippen MR) is 102 cm³/mol. The maximum Gasteiger partial charge on any atom is 0.410 e. The summed E-state index contributed by atoms with van der Waals surface area (Å²) in [5, 5.41) is 3.10. The highest BCUT2D eigenvalue weighted by Crippen LogP contribution is 2.19. The van der Waals surface area contributed by atoms with Crippen LogP contribution in [0.4, 0.5) is 10.5 Å². The number of hydrogen-bond donors (Lipinski definition) is 2. The molecule has 1 aromatic carbocycles. The van der Waals surface area contributed by atoms with Crippen LogP contribution in [0.5, 0.6) is 0 Å². The average Bonchev–Trinajstić information content (AvgIpc) is 2.54. The Morgan fingerprint density at radius 2 is 2.04 bits per heavy atom. The average molecular weight is 346 g/mol. The summed E-state index contributed by atoms with van der Waals surface area (Å²) in [5.41, 5.74) is 7.63. The molecule has 1 amide bonds. The van der Waals surface area contributed by atoms with Gasteiger partial charge in [-0.05, 0) is 58.6 Å². The van der Waals surface area contributed by atoms with Crippen LogP contribution in [0, 0.1) is 12.8 Å². The van der Waals surface area contributed by atoms with Gasteiger partial charge in [0.25, 0.3) is 0 Å². The number of nitrogens with zero attached hydrogens (tertiary/aromatic N) is 2. The zero-order chi connectivity index (χ0) is 18.4. The van der Waals surface area contributed by atoms with Crippen molar-refractivity contribution in [1.82, 2.24) is 4.90 Å². The van der Waals surface area contributed by atoms with E-state index in [-0.39, 0.29) is 6.09 Å². The van der Waals surface area contributed by atoms with Gasteiger partial charge in [-0.15, -0.1) is 0 Å². The lowest BCUT2D eigenvalue weighted by atomic mass is 9.98. The number of guanidine groups is 1. The van der Waals surface area contributed by atoms with E-state index in [0.29, 0.717) is 25.0 Å². The number of piperidine rings is 1. The molecule has 0 aromatic heterocycles. The molecule has 1 aliphatic heterocycles. The van der Waals surface area contributed by atoms with Gasteiger partial charge in [0, 0.05) is 25.3 Å². The topological polar surface area (TPSA) is 80.0 Å². The maximum absolute atomic E-state index is 12.2. The van der Waals surface area contributed by atoms with Crippen molar-refractivity contribution in [2.24, 2.45) is 16.6 Å². The third-order valence-corrected chi connectivity index (χ3v) is 4.01. The summed E-state index contributed by atoms with van der Waals surface area (Å²) in [6, 6.07) is 8.00. The zero-order valence-corrected chi connectivity index (χ0v) is 15.7. The Kier molecular flexibility index (Phi) is 6.28. The SMILES string of the molecule is Cc1ccc(NC(N)=NCC2CCCN(C(=O)OC(C)(C)C)C2)cc1. The van der Waals surface area contributed by atoms with Gasteiger partial charge >= 0.3 is 6.09 Å². The molecule has 138 valence electrons. The first-order valence-electron chi connectivity index (χ1n) is 8.84. The van der Waals surface area contributed by atoms with Crippen LogP contribution in [0.1, 0.15) is 39.2 Å². The maximum atomic E-state index is 12.2. The van der Waals surface area contributed by atoms with Crippen molar-refractivity contribution in [3.63, 3.8) is 0 Å². The fraction of sp³-hybridized carbons (Fsp3) is 0.579. The van der Waals surface area contributed by atoms with Crippen LogP contribution in [0.3, 0.4) is 0 Å². The fourth-order valence-electron chi connectivity index (χ4n) is 2.76. The van der Waals surface area contributed by atoms with E-state index in [0.717, 1.165) is 25.1 Å². The summed E-state index contributed by atoms with van der Waals surface area (Å²) < 4.78 is 5.45. The first-order chi connectivity index (χ1) is 11.7. The number of carbonyl (C=O) groups is 1. The molecule has 0 aliphatic carbocycles. The first-order valence-corrected chi connectivity index (χ1v) is 8.84. The Hall–Kier alpha value is -2.24. The van der Waals surface area contributed by atoms with Crippen molar-refractivity contribution >= 4 is 17.7 Å². The Morgan fingerprint density at radius 3 is 2.68 bits per heavy atom. The van der Waals surface area contributed by atoms with E-state index in [4.69, 9.17) is 10.5 Å². The highest BCUT2D eigenvalue weighted by atomic mass is 16.6. The monoisotopic (exact) mass is 346 g/mol. The lowest BCUT2D eigenvalue weighted by Crippen LogP contribution is -2.43. The van der Waals surface area contributed by atoms with Gasteiger partial charge in [-0.25, -0.2) is 4.79 Å². The minimum atomic E-state index is -0.468. The number of nitrogens with two attached hydrogens (primary N) is 1. The van der Waals surface area contributed by atoms with E-state index < -0.39 is 5.60 Å². The van der Waals surface area contributed by atoms with Gasteiger partial charge in [0.05, 0.1) is 0 Å². The smallest absolute Gasteiger partial charge is 0.410 e. The van der Waals surface area contributed by atoms with Gasteiger partial charge < -0.3 is 20.7 Å². The van der Waals surface area contributed by atoms with Crippen molar-refractivity contribution in [1.29, 1.82) is 0 Å². The van der Waals surface area contributed by atoms with E-state index in [1.807, 2.05) is 52.0 Å². The van der Waals surface area contributed by atoms with Crippen LogP contribution < -0.4 is 11.1 Å². The summed E-state index contributed by atoms with van der Waals surface area (Å²) in [4.78, 5) is 18.4. The number of anilines is 1. The predicted octanol–water partition coefficient (Wildman–Crippen LogP) is 3.37. The quantitative estimate of drug-likeness (QED) is 0.649. The number of aliphatic imine (C=N–C) groups is 1. The number of ether oxygens (including phenoxy) is 1. The lowest BCUT2D eigenvalue weighted by Gasteiger charge is -2.33. The molecule has 1 atom stereocenters. The number of benzene rings is 1. The largest absolute Gasteiger partial charge is 0.444 e. The summed E-state index contributed by atoms with van der Waals surface area (Å²) in [6.07, 6.45) is 1.76. The van der Waals surface area contributed by atoms with Crippen molar-refractivity contribution in [2.75, 3.05) is 25.0 Å². The van der Waals surface area contributed by atoms with Crippen molar-refractivity contribution in [2.45, 2.75) is 46.1 Å². The molecule has 25 heavy (non-hydrogen) atoms. The molecular weight excluding hydrogens is 316 g/mol. The van der Waals surface area contributed by atoms with Gasteiger partial charge in [0.1, 0.15) is 5.60 Å². The Morgan fingerprint density at radius 1 is 1.36 bits per heavy atom. The van der Waals surface area contributed by atoms with E-state index in [1.165, 1.54) is 5.56 Å². The molecule has 1 fully saturated rings. The van der Waals surface area contributed by atoms with Gasteiger partial charge in [0.15, 0.2) is 5.96 Å². The van der Waals surface area contributed by atoms with Crippen LogP contribution in [0.2, 0.25) is 0 Å². The number of aryl methyl sites for hydroxylation is 1. The number of carbonyl (C=O) groups excluding carboxylic acids is 1. The van der Waals surface area contributed by atoms with Crippen LogP contribution in [-0.2, 0) is 4.74 Å². The van der Waals surface area contributed by atoms with E-state index in [1.54, 1.807) is 4.90 Å². The normalized spacial score (nSPS) is 18.8. The van der Waals surface area contributed by atoms with Gasteiger partial charge in [-0.1, -0.05) is 17.7 Å². The molecule has 0 radical (unpaired) electrons. The third-order valence-electron chi connectivity index (χ3n) is 4.01. The number of nitrogens with one attached hydrogen (secondary N) is 1. The molecule has 1 aliphatic rings. The van der Waals surface area contributed by atoms with Crippen LogP contribution in [0.15, 0.2) is 29.3 Å². The summed E-state index contributed by atoms with van der Waals surface area (Å²) in [5.74, 6) is 0.706. The molecular formula is C19H30N4O2. The van der Waals surface area contributed by atoms with Gasteiger partial charge in [0.2, 0.25) is 0 Å². The third kappa shape index (κ3) is 6.64. The second-order valence-electron chi connectivity index (χ2n) is 7.65. The number of amides is 1. The standard InChI is InChI=1S/C19H30N4O2/c1-14-7-9-16(10-8-14)22-17(20)21-12-15-6-5-11-23(13-15)18(24)25-19(2,3)4/h7-10,15H,5-6,11-13H2,1-4H3,(H3,20,21,22). The van der Waals surface area contributed by atoms with Crippen molar-refractivity contribution in [3.8, 4) is 0 Å². The van der Waals surface area contributed by atoms with Gasteiger partial charge in [-0.2, -0.15) is 0 Å². The number of rotatable bonds is 3. The number of likely N-dealkylation sites (tertiary alicyclic amines) is 1. The summed E-state index contributed by atoms with van der Waals surface area (Å²) in [7, 11) is 0. The molecule has 6 nitrogen and oxygen atoms in total. The van der Waals surface area contributed by atoms with E-state index >= 15 is 0 Å².